The lowest BCUT2D eigenvalue weighted by Gasteiger charge is -2.30. The number of aromatic nitrogens is 3. The maximum atomic E-state index is 12.2. The summed E-state index contributed by atoms with van der Waals surface area (Å²) >= 11 is 0. The second kappa shape index (κ2) is 5.48. The van der Waals surface area contributed by atoms with E-state index in [1.807, 2.05) is 20.9 Å². The molecule has 1 aliphatic heterocycles. The van der Waals surface area contributed by atoms with E-state index in [-0.39, 0.29) is 17.6 Å². The Morgan fingerprint density at radius 2 is 2.06 bits per heavy atom. The van der Waals surface area contributed by atoms with Crippen LogP contribution in [0.5, 0.6) is 0 Å². The second-order valence-corrected chi connectivity index (χ2v) is 5.10. The zero-order chi connectivity index (χ0) is 13.1. The number of carbonyl (C=O) groups excluding carboxylic acids is 1. The summed E-state index contributed by atoms with van der Waals surface area (Å²) in [7, 11) is 1.84. The number of nitrogens with zero attached hydrogens (tertiary/aromatic N) is 3. The van der Waals surface area contributed by atoms with Crippen molar-refractivity contribution in [3.8, 4) is 0 Å². The predicted molar refractivity (Wildman–Crippen MR) is 68.5 cm³/mol. The Bertz CT molecular complexity index is 408. The molecule has 6 nitrogen and oxygen atoms in total. The van der Waals surface area contributed by atoms with Gasteiger partial charge in [-0.25, -0.2) is 4.98 Å². The molecule has 1 amide bonds. The summed E-state index contributed by atoms with van der Waals surface area (Å²) in [4.78, 5) is 18.3. The molecular weight excluding hydrogens is 230 g/mol. The lowest BCUT2D eigenvalue weighted by Crippen LogP contribution is -2.44. The van der Waals surface area contributed by atoms with Gasteiger partial charge in [0.25, 0.3) is 5.91 Å². The van der Waals surface area contributed by atoms with Gasteiger partial charge >= 0.3 is 0 Å². The van der Waals surface area contributed by atoms with Gasteiger partial charge in [-0.15, -0.1) is 5.10 Å². The highest BCUT2D eigenvalue weighted by Crippen LogP contribution is 2.13. The maximum Gasteiger partial charge on any atom is 0.293 e. The minimum absolute atomic E-state index is 0.0925. The molecule has 1 aliphatic rings. The van der Waals surface area contributed by atoms with Crippen molar-refractivity contribution in [2.75, 3.05) is 20.1 Å². The Hall–Kier alpha value is -1.43. The van der Waals surface area contributed by atoms with Crippen molar-refractivity contribution in [2.24, 2.45) is 0 Å². The Morgan fingerprint density at radius 3 is 2.61 bits per heavy atom. The number of carbonyl (C=O) groups is 1. The monoisotopic (exact) mass is 251 g/mol. The summed E-state index contributed by atoms with van der Waals surface area (Å²) in [5.41, 5.74) is 0. The molecule has 6 heteroatoms. The molecule has 0 saturated carbocycles. The van der Waals surface area contributed by atoms with Crippen LogP contribution in [0, 0.1) is 0 Å². The first kappa shape index (κ1) is 13.0. The van der Waals surface area contributed by atoms with Crippen LogP contribution < -0.4 is 5.32 Å². The fourth-order valence-corrected chi connectivity index (χ4v) is 2.15. The summed E-state index contributed by atoms with van der Waals surface area (Å²) in [6.07, 6.45) is 1.98. The third-order valence-electron chi connectivity index (χ3n) is 3.42. The smallest absolute Gasteiger partial charge is 0.293 e. The summed E-state index contributed by atoms with van der Waals surface area (Å²) in [5, 5.41) is 10.1. The molecular formula is C12H21N5O. The standard InChI is InChI=1S/C12H21N5O/c1-8(2)10-14-11(16-15-10)12(18)17(3)9-4-6-13-7-5-9/h8-9,13H,4-7H2,1-3H3,(H,14,15,16). The first-order valence-corrected chi connectivity index (χ1v) is 6.49. The summed E-state index contributed by atoms with van der Waals surface area (Å²) in [5.74, 6) is 1.20. The second-order valence-electron chi connectivity index (χ2n) is 5.10. The molecule has 0 aromatic carbocycles. The quantitative estimate of drug-likeness (QED) is 0.831. The van der Waals surface area contributed by atoms with E-state index in [1.165, 1.54) is 0 Å². The van der Waals surface area contributed by atoms with Crippen molar-refractivity contribution < 1.29 is 4.79 Å². The molecule has 0 bridgehead atoms. The minimum atomic E-state index is -0.0925. The van der Waals surface area contributed by atoms with Crippen LogP contribution in [0.15, 0.2) is 0 Å². The van der Waals surface area contributed by atoms with Crippen molar-refractivity contribution in [3.05, 3.63) is 11.6 Å². The van der Waals surface area contributed by atoms with Crippen LogP contribution in [0.1, 0.15) is 49.1 Å². The first-order valence-electron chi connectivity index (χ1n) is 6.49. The summed E-state index contributed by atoms with van der Waals surface area (Å²) in [6, 6.07) is 0.291. The normalized spacial score (nSPS) is 17.1. The van der Waals surface area contributed by atoms with Crippen LogP contribution in [0.3, 0.4) is 0 Å². The van der Waals surface area contributed by atoms with Crippen LogP contribution in [0.25, 0.3) is 0 Å². The van der Waals surface area contributed by atoms with Crippen molar-refractivity contribution in [3.63, 3.8) is 0 Å². The largest absolute Gasteiger partial charge is 0.336 e. The third kappa shape index (κ3) is 2.69. The van der Waals surface area contributed by atoms with Gasteiger partial charge in [0, 0.05) is 19.0 Å². The fraction of sp³-hybridized carbons (Fsp3) is 0.750. The molecule has 2 heterocycles. The van der Waals surface area contributed by atoms with Crippen LogP contribution >= 0.6 is 0 Å². The van der Waals surface area contributed by atoms with Crippen molar-refractivity contribution >= 4 is 5.91 Å². The van der Waals surface area contributed by atoms with Gasteiger partial charge in [-0.3, -0.25) is 9.89 Å². The van der Waals surface area contributed by atoms with Gasteiger partial charge in [-0.05, 0) is 25.9 Å². The van der Waals surface area contributed by atoms with Crippen LogP contribution in [-0.4, -0.2) is 52.2 Å². The molecule has 2 N–H and O–H groups in total. The van der Waals surface area contributed by atoms with E-state index in [4.69, 9.17) is 0 Å². The number of nitrogens with one attached hydrogen (secondary N) is 2. The maximum absolute atomic E-state index is 12.2. The molecule has 0 atom stereocenters. The molecule has 1 aromatic heterocycles. The third-order valence-corrected chi connectivity index (χ3v) is 3.42. The topological polar surface area (TPSA) is 73.9 Å². The molecule has 0 unspecified atom stereocenters. The van der Waals surface area contributed by atoms with E-state index < -0.39 is 0 Å². The first-order chi connectivity index (χ1) is 8.59. The zero-order valence-corrected chi connectivity index (χ0v) is 11.2. The number of aromatic amines is 1. The van der Waals surface area contributed by atoms with E-state index in [0.717, 1.165) is 31.8 Å². The minimum Gasteiger partial charge on any atom is -0.336 e. The van der Waals surface area contributed by atoms with Crippen molar-refractivity contribution in [1.29, 1.82) is 0 Å². The number of hydrogen-bond acceptors (Lipinski definition) is 4. The van der Waals surface area contributed by atoms with E-state index in [9.17, 15) is 4.79 Å². The van der Waals surface area contributed by atoms with Gasteiger partial charge in [0.15, 0.2) is 0 Å². The van der Waals surface area contributed by atoms with Gasteiger partial charge in [-0.2, -0.15) is 0 Å². The molecule has 0 spiro atoms. The van der Waals surface area contributed by atoms with Gasteiger partial charge in [0.2, 0.25) is 5.82 Å². The highest BCUT2D eigenvalue weighted by atomic mass is 16.2. The number of hydrogen-bond donors (Lipinski definition) is 2. The number of rotatable bonds is 3. The lowest BCUT2D eigenvalue weighted by molar-refractivity contribution is 0.0691. The average molecular weight is 251 g/mol. The van der Waals surface area contributed by atoms with Crippen LogP contribution in [-0.2, 0) is 0 Å². The Kier molecular flexibility index (Phi) is 3.96. The lowest BCUT2D eigenvalue weighted by atomic mass is 10.1. The van der Waals surface area contributed by atoms with Crippen LogP contribution in [0.4, 0.5) is 0 Å². The molecule has 0 aliphatic carbocycles. The van der Waals surface area contributed by atoms with Crippen LogP contribution in [0.2, 0.25) is 0 Å². The highest BCUT2D eigenvalue weighted by molar-refractivity contribution is 5.90. The van der Waals surface area contributed by atoms with Gasteiger partial charge < -0.3 is 10.2 Å². The number of amides is 1. The Morgan fingerprint density at radius 1 is 1.39 bits per heavy atom. The molecule has 1 fully saturated rings. The fourth-order valence-electron chi connectivity index (χ4n) is 2.15. The van der Waals surface area contributed by atoms with Gasteiger partial charge in [-0.1, -0.05) is 13.8 Å². The SMILES string of the molecule is CC(C)c1nc(C(=O)N(C)C2CCNCC2)n[nH]1. The van der Waals surface area contributed by atoms with Crippen molar-refractivity contribution in [1.82, 2.24) is 25.4 Å². The predicted octanol–water partition coefficient (Wildman–Crippen LogP) is 0.752. The number of piperidine rings is 1. The summed E-state index contributed by atoms with van der Waals surface area (Å²) in [6.45, 7) is 5.97. The average Bonchev–Trinajstić information content (AvgIpc) is 2.88. The summed E-state index contributed by atoms with van der Waals surface area (Å²) < 4.78 is 0. The molecule has 0 radical (unpaired) electrons. The molecule has 1 aromatic rings. The van der Waals surface area contributed by atoms with E-state index in [2.05, 4.69) is 20.5 Å². The zero-order valence-electron chi connectivity index (χ0n) is 11.2. The Balaban J connectivity index is 2.04. The number of H-pyrrole nitrogens is 1. The molecule has 100 valence electrons. The highest BCUT2D eigenvalue weighted by Gasteiger charge is 2.25. The van der Waals surface area contributed by atoms with Gasteiger partial charge in [0.1, 0.15) is 5.82 Å². The van der Waals surface area contributed by atoms with E-state index >= 15 is 0 Å². The van der Waals surface area contributed by atoms with Gasteiger partial charge in [0.05, 0.1) is 0 Å². The molecule has 1 saturated heterocycles. The van der Waals surface area contributed by atoms with Crippen molar-refractivity contribution in [2.45, 2.75) is 38.6 Å². The Labute approximate surface area is 107 Å². The van der Waals surface area contributed by atoms with E-state index in [1.54, 1.807) is 4.90 Å². The molecule has 18 heavy (non-hydrogen) atoms. The van der Waals surface area contributed by atoms with E-state index in [0.29, 0.717) is 6.04 Å². The molecule has 2 rings (SSSR count).